The van der Waals surface area contributed by atoms with Crippen LogP contribution in [0.15, 0.2) is 24.3 Å². The van der Waals surface area contributed by atoms with E-state index in [-0.39, 0.29) is 18.0 Å². The van der Waals surface area contributed by atoms with Crippen LogP contribution in [0.25, 0.3) is 0 Å². The van der Waals surface area contributed by atoms with Gasteiger partial charge < -0.3 is 15.3 Å². The Bertz CT molecular complexity index is 498. The van der Waals surface area contributed by atoms with E-state index < -0.39 is 5.97 Å². The largest absolute Gasteiger partial charge is 0.481 e. The third-order valence-corrected chi connectivity index (χ3v) is 3.94. The van der Waals surface area contributed by atoms with E-state index in [1.54, 1.807) is 4.90 Å². The van der Waals surface area contributed by atoms with Crippen molar-refractivity contribution >= 4 is 12.0 Å². The van der Waals surface area contributed by atoms with Crippen molar-refractivity contribution in [2.45, 2.75) is 32.0 Å². The van der Waals surface area contributed by atoms with Crippen molar-refractivity contribution in [3.63, 3.8) is 0 Å². The van der Waals surface area contributed by atoms with Crippen LogP contribution >= 0.6 is 0 Å². The summed E-state index contributed by atoms with van der Waals surface area (Å²) < 4.78 is 0. The van der Waals surface area contributed by atoms with Crippen molar-refractivity contribution in [2.75, 3.05) is 0 Å². The molecule has 100 valence electrons. The average Bonchev–Trinajstić information content (AvgIpc) is 2.76. The SMILES string of the molecule is O=C(O)C1CC(NC(=O)N2Cc3ccccc3C2)C1. The molecule has 0 spiro atoms. The number of fused-ring (bicyclic) bond motifs is 1. The molecule has 0 unspecified atom stereocenters. The van der Waals surface area contributed by atoms with Crippen molar-refractivity contribution in [2.24, 2.45) is 5.92 Å². The van der Waals surface area contributed by atoms with Crippen molar-refractivity contribution in [1.82, 2.24) is 10.2 Å². The maximum Gasteiger partial charge on any atom is 0.318 e. The van der Waals surface area contributed by atoms with E-state index >= 15 is 0 Å². The zero-order chi connectivity index (χ0) is 13.4. The first-order valence-corrected chi connectivity index (χ1v) is 6.48. The van der Waals surface area contributed by atoms with E-state index in [1.807, 2.05) is 24.3 Å². The van der Waals surface area contributed by atoms with Crippen LogP contribution in [0.3, 0.4) is 0 Å². The Morgan fingerprint density at radius 3 is 2.26 bits per heavy atom. The van der Waals surface area contributed by atoms with Gasteiger partial charge in [-0.25, -0.2) is 4.79 Å². The predicted octanol–water partition coefficient (Wildman–Crippen LogP) is 1.57. The summed E-state index contributed by atoms with van der Waals surface area (Å²) >= 11 is 0. The zero-order valence-corrected chi connectivity index (χ0v) is 10.5. The number of nitrogens with one attached hydrogen (secondary N) is 1. The van der Waals surface area contributed by atoms with Crippen molar-refractivity contribution in [3.05, 3.63) is 35.4 Å². The highest BCUT2D eigenvalue weighted by molar-refractivity contribution is 5.76. The van der Waals surface area contributed by atoms with Crippen LogP contribution in [0.2, 0.25) is 0 Å². The van der Waals surface area contributed by atoms with Crippen LogP contribution in [-0.2, 0) is 17.9 Å². The van der Waals surface area contributed by atoms with Crippen LogP contribution in [0, 0.1) is 5.92 Å². The fourth-order valence-electron chi connectivity index (χ4n) is 2.68. The van der Waals surface area contributed by atoms with E-state index in [4.69, 9.17) is 5.11 Å². The second-order valence-corrected chi connectivity index (χ2v) is 5.28. The lowest BCUT2D eigenvalue weighted by molar-refractivity contribution is -0.145. The van der Waals surface area contributed by atoms with E-state index in [1.165, 1.54) is 11.1 Å². The number of carbonyl (C=O) groups is 2. The third-order valence-electron chi connectivity index (χ3n) is 3.94. The summed E-state index contributed by atoms with van der Waals surface area (Å²) in [5.74, 6) is -1.06. The lowest BCUT2D eigenvalue weighted by atomic mass is 9.80. The van der Waals surface area contributed by atoms with Gasteiger partial charge in [-0.2, -0.15) is 0 Å². The molecular weight excluding hydrogens is 244 g/mol. The lowest BCUT2D eigenvalue weighted by Crippen LogP contribution is -2.50. The van der Waals surface area contributed by atoms with E-state index in [2.05, 4.69) is 5.32 Å². The Morgan fingerprint density at radius 2 is 1.74 bits per heavy atom. The van der Waals surface area contributed by atoms with Gasteiger partial charge in [-0.15, -0.1) is 0 Å². The van der Waals surface area contributed by atoms with Gasteiger partial charge in [-0.1, -0.05) is 24.3 Å². The summed E-state index contributed by atoms with van der Waals surface area (Å²) in [4.78, 5) is 24.5. The second kappa shape index (κ2) is 4.57. The van der Waals surface area contributed by atoms with E-state index in [9.17, 15) is 9.59 Å². The minimum Gasteiger partial charge on any atom is -0.481 e. The molecule has 19 heavy (non-hydrogen) atoms. The van der Waals surface area contributed by atoms with Crippen molar-refractivity contribution in [3.8, 4) is 0 Å². The Balaban J connectivity index is 1.52. The molecule has 0 bridgehead atoms. The first kappa shape index (κ1) is 12.0. The maximum atomic E-state index is 12.1. The summed E-state index contributed by atoms with van der Waals surface area (Å²) in [6.45, 7) is 1.27. The normalized spacial score (nSPS) is 24.5. The molecule has 0 saturated heterocycles. The number of carboxylic acid groups (broad SMARTS) is 1. The number of carbonyl (C=O) groups excluding carboxylic acids is 1. The monoisotopic (exact) mass is 260 g/mol. The quantitative estimate of drug-likeness (QED) is 0.848. The summed E-state index contributed by atoms with van der Waals surface area (Å²) in [6.07, 6.45) is 1.09. The van der Waals surface area contributed by atoms with Crippen LogP contribution in [0.4, 0.5) is 4.79 Å². The number of hydrogen-bond donors (Lipinski definition) is 2. The number of benzene rings is 1. The topological polar surface area (TPSA) is 69.6 Å². The van der Waals surface area contributed by atoms with Gasteiger partial charge in [0.15, 0.2) is 0 Å². The van der Waals surface area contributed by atoms with Crippen LogP contribution < -0.4 is 5.32 Å². The van der Waals surface area contributed by atoms with Crippen LogP contribution in [0.1, 0.15) is 24.0 Å². The highest BCUT2D eigenvalue weighted by Gasteiger charge is 2.36. The molecule has 1 aromatic rings. The molecule has 2 aliphatic rings. The maximum absolute atomic E-state index is 12.1. The Hall–Kier alpha value is -2.04. The van der Waals surface area contributed by atoms with Gasteiger partial charge in [0.25, 0.3) is 0 Å². The fraction of sp³-hybridized carbons (Fsp3) is 0.429. The smallest absolute Gasteiger partial charge is 0.318 e. The first-order chi connectivity index (χ1) is 9.13. The average molecular weight is 260 g/mol. The highest BCUT2D eigenvalue weighted by Crippen LogP contribution is 2.28. The Kier molecular flexibility index (Phi) is 2.89. The molecule has 1 saturated carbocycles. The molecule has 1 aromatic carbocycles. The summed E-state index contributed by atoms with van der Waals surface area (Å²) in [6, 6.07) is 7.94. The minimum atomic E-state index is -0.765. The van der Waals surface area contributed by atoms with E-state index in [0.29, 0.717) is 25.9 Å². The molecule has 3 rings (SSSR count). The zero-order valence-electron chi connectivity index (χ0n) is 10.5. The summed E-state index contributed by atoms with van der Waals surface area (Å²) in [5.41, 5.74) is 2.38. The van der Waals surface area contributed by atoms with Gasteiger partial charge in [0.05, 0.1) is 5.92 Å². The second-order valence-electron chi connectivity index (χ2n) is 5.28. The molecule has 1 aliphatic heterocycles. The van der Waals surface area contributed by atoms with Gasteiger partial charge in [0, 0.05) is 19.1 Å². The Morgan fingerprint density at radius 1 is 1.16 bits per heavy atom. The number of nitrogens with zero attached hydrogens (tertiary/aromatic N) is 1. The summed E-state index contributed by atoms with van der Waals surface area (Å²) in [7, 11) is 0. The van der Waals surface area contributed by atoms with Gasteiger partial charge in [-0.3, -0.25) is 4.79 Å². The van der Waals surface area contributed by atoms with E-state index in [0.717, 1.165) is 0 Å². The molecule has 0 atom stereocenters. The number of aliphatic carboxylic acids is 1. The number of carboxylic acids is 1. The summed E-state index contributed by atoms with van der Waals surface area (Å²) in [5, 5.41) is 11.7. The van der Waals surface area contributed by atoms with Crippen molar-refractivity contribution in [1.29, 1.82) is 0 Å². The van der Waals surface area contributed by atoms with Crippen molar-refractivity contribution < 1.29 is 14.7 Å². The number of hydrogen-bond acceptors (Lipinski definition) is 2. The molecule has 1 fully saturated rings. The molecule has 0 aromatic heterocycles. The number of urea groups is 1. The number of rotatable bonds is 2. The lowest BCUT2D eigenvalue weighted by Gasteiger charge is -2.34. The molecular formula is C14H16N2O3. The van der Waals surface area contributed by atoms with Gasteiger partial charge in [-0.05, 0) is 24.0 Å². The molecule has 0 radical (unpaired) electrons. The minimum absolute atomic E-state index is 0.0114. The molecule has 5 heteroatoms. The van der Waals surface area contributed by atoms with Crippen LogP contribution in [-0.4, -0.2) is 28.0 Å². The Labute approximate surface area is 111 Å². The molecule has 1 aliphatic carbocycles. The number of amides is 2. The third kappa shape index (κ3) is 2.28. The standard InChI is InChI=1S/C14H16N2O3/c17-13(18)11-5-12(6-11)15-14(19)16-7-9-3-1-2-4-10(9)8-16/h1-4,11-12H,5-8H2,(H,15,19)(H,17,18). The van der Waals surface area contributed by atoms with Gasteiger partial charge in [0.2, 0.25) is 0 Å². The van der Waals surface area contributed by atoms with Crippen LogP contribution in [0.5, 0.6) is 0 Å². The molecule has 5 nitrogen and oxygen atoms in total. The first-order valence-electron chi connectivity index (χ1n) is 6.48. The molecule has 2 N–H and O–H groups in total. The van der Waals surface area contributed by atoms with Gasteiger partial charge >= 0.3 is 12.0 Å². The molecule has 1 heterocycles. The predicted molar refractivity (Wildman–Crippen MR) is 68.4 cm³/mol. The van der Waals surface area contributed by atoms with Gasteiger partial charge in [0.1, 0.15) is 0 Å². The molecule has 2 amide bonds. The fourth-order valence-corrected chi connectivity index (χ4v) is 2.68. The highest BCUT2D eigenvalue weighted by atomic mass is 16.4.